The Balaban J connectivity index is 1.45. The number of benzene rings is 2. The topological polar surface area (TPSA) is 127 Å². The van der Waals surface area contributed by atoms with E-state index in [2.05, 4.69) is 32.6 Å². The van der Waals surface area contributed by atoms with Crippen LogP contribution in [0.3, 0.4) is 0 Å². The number of fused-ring (bicyclic) bond motifs is 1. The molecule has 11 nitrogen and oxygen atoms in total. The van der Waals surface area contributed by atoms with Gasteiger partial charge in [-0.2, -0.15) is 14.2 Å². The molecule has 1 fully saturated rings. The van der Waals surface area contributed by atoms with Gasteiger partial charge in [-0.05, 0) is 71.0 Å². The van der Waals surface area contributed by atoms with E-state index >= 15 is 4.39 Å². The van der Waals surface area contributed by atoms with Crippen LogP contribution in [0, 0.1) is 19.7 Å². The third-order valence-electron chi connectivity index (χ3n) is 8.03. The standard InChI is InChI=1S/C32H35FN8O3S/c1-19(2)45(43,44)41-22(5)29(21(4)38-41)26-15-23-17-35-32(37-30(23)40(31(26)42)25-9-7-6-8-10-25)36-24-11-12-28(27(33)16-24)39-14-13-34-20(3)18-39/h6-12,15-17,19-20,34H,13-14,18H2,1-5H3,(H,35,36,37). The largest absolute Gasteiger partial charge is 0.366 e. The van der Waals surface area contributed by atoms with Gasteiger partial charge in [-0.15, -0.1) is 0 Å². The van der Waals surface area contributed by atoms with E-state index in [0.717, 1.165) is 10.6 Å². The van der Waals surface area contributed by atoms with E-state index in [0.29, 0.717) is 58.1 Å². The molecule has 2 aromatic carbocycles. The maximum atomic E-state index is 15.2. The van der Waals surface area contributed by atoms with E-state index in [-0.39, 0.29) is 23.4 Å². The third kappa shape index (κ3) is 5.57. The van der Waals surface area contributed by atoms with Crippen molar-refractivity contribution in [3.63, 3.8) is 0 Å². The molecule has 45 heavy (non-hydrogen) atoms. The number of anilines is 3. The van der Waals surface area contributed by atoms with Gasteiger partial charge in [0.25, 0.3) is 15.6 Å². The zero-order valence-corrected chi connectivity index (χ0v) is 26.6. The molecule has 0 aliphatic carbocycles. The number of pyridine rings is 1. The van der Waals surface area contributed by atoms with Crippen LogP contribution < -0.4 is 21.1 Å². The second-order valence-corrected chi connectivity index (χ2v) is 13.9. The van der Waals surface area contributed by atoms with Crippen molar-refractivity contribution in [3.05, 3.63) is 88.4 Å². The second kappa shape index (κ2) is 11.7. The van der Waals surface area contributed by atoms with Gasteiger partial charge >= 0.3 is 0 Å². The molecule has 3 aromatic heterocycles. The van der Waals surface area contributed by atoms with Crippen molar-refractivity contribution in [2.24, 2.45) is 0 Å². The average Bonchev–Trinajstić information content (AvgIpc) is 3.31. The van der Waals surface area contributed by atoms with Crippen molar-refractivity contribution in [1.82, 2.24) is 29.0 Å². The number of aromatic nitrogens is 5. The number of nitrogens with zero attached hydrogens (tertiary/aromatic N) is 6. The second-order valence-electron chi connectivity index (χ2n) is 11.6. The van der Waals surface area contributed by atoms with E-state index in [4.69, 9.17) is 0 Å². The monoisotopic (exact) mass is 630 g/mol. The molecule has 4 heterocycles. The lowest BCUT2D eigenvalue weighted by atomic mass is 10.0. The summed E-state index contributed by atoms with van der Waals surface area (Å²) in [5.74, 6) is -0.169. The van der Waals surface area contributed by atoms with Crippen LogP contribution in [0.2, 0.25) is 0 Å². The van der Waals surface area contributed by atoms with Gasteiger partial charge in [-0.3, -0.25) is 9.36 Å². The number of hydrogen-bond donors (Lipinski definition) is 2. The van der Waals surface area contributed by atoms with Crippen molar-refractivity contribution in [1.29, 1.82) is 0 Å². The van der Waals surface area contributed by atoms with Crippen LogP contribution in [-0.2, 0) is 10.0 Å². The van der Waals surface area contributed by atoms with Gasteiger partial charge < -0.3 is 15.5 Å². The molecule has 1 aliphatic heterocycles. The van der Waals surface area contributed by atoms with Crippen LogP contribution >= 0.6 is 0 Å². The highest BCUT2D eigenvalue weighted by molar-refractivity contribution is 7.90. The van der Waals surface area contributed by atoms with E-state index < -0.39 is 20.8 Å². The Labute approximate surface area is 260 Å². The van der Waals surface area contributed by atoms with Crippen molar-refractivity contribution in [2.75, 3.05) is 29.9 Å². The predicted octanol–water partition coefficient (Wildman–Crippen LogP) is 4.53. The minimum atomic E-state index is -3.75. The first-order chi connectivity index (χ1) is 21.5. The number of hydrogen-bond acceptors (Lipinski definition) is 9. The Hall–Kier alpha value is -4.62. The summed E-state index contributed by atoms with van der Waals surface area (Å²) in [6.07, 6.45) is 1.58. The van der Waals surface area contributed by atoms with Crippen LogP contribution in [0.4, 0.5) is 21.7 Å². The fourth-order valence-corrected chi connectivity index (χ4v) is 6.84. The van der Waals surface area contributed by atoms with Crippen molar-refractivity contribution in [3.8, 4) is 16.8 Å². The van der Waals surface area contributed by atoms with E-state index in [1.165, 1.54) is 10.6 Å². The van der Waals surface area contributed by atoms with Crippen LogP contribution in [-0.4, -0.2) is 63.1 Å². The highest BCUT2D eigenvalue weighted by atomic mass is 32.2. The summed E-state index contributed by atoms with van der Waals surface area (Å²) < 4.78 is 43.7. The maximum Gasteiger partial charge on any atom is 0.264 e. The quantitative estimate of drug-likeness (QED) is 0.267. The van der Waals surface area contributed by atoms with Crippen molar-refractivity contribution < 1.29 is 12.8 Å². The Morgan fingerprint density at radius 3 is 2.53 bits per heavy atom. The Bertz CT molecular complexity index is 2080. The molecular formula is C32H35FN8O3S. The molecule has 13 heteroatoms. The SMILES string of the molecule is Cc1nn(S(=O)(=O)C(C)C)c(C)c1-c1cc2cnc(Nc3ccc(N4CCNC(C)C4)c(F)c3)nc2n(-c2ccccc2)c1=O. The fourth-order valence-electron chi connectivity index (χ4n) is 5.73. The number of rotatable bonds is 7. The molecule has 2 N–H and O–H groups in total. The van der Waals surface area contributed by atoms with Crippen molar-refractivity contribution in [2.45, 2.75) is 45.9 Å². The average molecular weight is 631 g/mol. The highest BCUT2D eigenvalue weighted by Crippen LogP contribution is 2.30. The minimum absolute atomic E-state index is 0.186. The summed E-state index contributed by atoms with van der Waals surface area (Å²) in [5, 5.41) is 10.6. The number of halogens is 1. The first-order valence-electron chi connectivity index (χ1n) is 14.8. The molecule has 0 saturated carbocycles. The molecule has 6 rings (SSSR count). The number of para-hydroxylation sites is 1. The molecular weight excluding hydrogens is 595 g/mol. The fraction of sp³-hybridized carbons (Fsp3) is 0.312. The first-order valence-corrected chi connectivity index (χ1v) is 16.3. The van der Waals surface area contributed by atoms with Crippen LogP contribution in [0.25, 0.3) is 27.8 Å². The molecule has 1 saturated heterocycles. The predicted molar refractivity (Wildman–Crippen MR) is 175 cm³/mol. The smallest absolute Gasteiger partial charge is 0.264 e. The van der Waals surface area contributed by atoms with Gasteiger partial charge in [0.15, 0.2) is 5.65 Å². The Morgan fingerprint density at radius 1 is 1.09 bits per heavy atom. The lowest BCUT2D eigenvalue weighted by Gasteiger charge is -2.33. The van der Waals surface area contributed by atoms with Gasteiger partial charge in [-0.25, -0.2) is 17.8 Å². The molecule has 0 amide bonds. The van der Waals surface area contributed by atoms with E-state index in [1.807, 2.05) is 23.1 Å². The molecule has 0 bridgehead atoms. The summed E-state index contributed by atoms with van der Waals surface area (Å²) in [4.78, 5) is 25.4. The Morgan fingerprint density at radius 2 is 1.84 bits per heavy atom. The van der Waals surface area contributed by atoms with Gasteiger partial charge in [0.1, 0.15) is 5.82 Å². The maximum absolute atomic E-state index is 15.2. The van der Waals surface area contributed by atoms with Gasteiger partial charge in [0.05, 0.1) is 33.6 Å². The molecule has 0 radical (unpaired) electrons. The number of piperazine rings is 1. The van der Waals surface area contributed by atoms with Gasteiger partial charge in [-0.1, -0.05) is 18.2 Å². The number of aryl methyl sites for hydroxylation is 1. The minimum Gasteiger partial charge on any atom is -0.366 e. The van der Waals surface area contributed by atoms with Gasteiger partial charge in [0.2, 0.25) is 5.95 Å². The molecule has 1 atom stereocenters. The van der Waals surface area contributed by atoms with E-state index in [9.17, 15) is 13.2 Å². The summed E-state index contributed by atoms with van der Waals surface area (Å²) >= 11 is 0. The molecule has 1 unspecified atom stereocenters. The summed E-state index contributed by atoms with van der Waals surface area (Å²) in [7, 11) is -3.75. The summed E-state index contributed by atoms with van der Waals surface area (Å²) in [5.41, 5.74) is 2.97. The molecule has 1 aliphatic rings. The lowest BCUT2D eigenvalue weighted by molar-refractivity contribution is 0.478. The van der Waals surface area contributed by atoms with Gasteiger partial charge in [0, 0.05) is 48.5 Å². The first kappa shape index (κ1) is 30.4. The van der Waals surface area contributed by atoms with Crippen LogP contribution in [0.15, 0.2) is 65.6 Å². The van der Waals surface area contributed by atoms with Crippen LogP contribution in [0.1, 0.15) is 32.2 Å². The van der Waals surface area contributed by atoms with Crippen molar-refractivity contribution >= 4 is 38.4 Å². The lowest BCUT2D eigenvalue weighted by Crippen LogP contribution is -2.49. The summed E-state index contributed by atoms with van der Waals surface area (Å²) in [6, 6.07) is 15.9. The molecule has 234 valence electrons. The zero-order chi connectivity index (χ0) is 32.0. The third-order valence-corrected chi connectivity index (χ3v) is 10.1. The van der Waals surface area contributed by atoms with E-state index in [1.54, 1.807) is 64.2 Å². The van der Waals surface area contributed by atoms with Crippen LogP contribution in [0.5, 0.6) is 0 Å². The summed E-state index contributed by atoms with van der Waals surface area (Å²) in [6.45, 7) is 10.8. The number of nitrogens with one attached hydrogen (secondary N) is 2. The Kier molecular flexibility index (Phi) is 7.91. The highest BCUT2D eigenvalue weighted by Gasteiger charge is 2.27. The molecule has 0 spiro atoms. The normalized spacial score (nSPS) is 15.6. The molecule has 5 aromatic rings. The zero-order valence-electron chi connectivity index (χ0n) is 25.7.